The Bertz CT molecular complexity index is 705. The maximum absolute atomic E-state index is 10.9. The summed E-state index contributed by atoms with van der Waals surface area (Å²) in [5.74, 6) is 2.03. The van der Waals surface area contributed by atoms with Gasteiger partial charge in [0.25, 0.3) is 0 Å². The number of hydrogen-bond acceptors (Lipinski definition) is 7. The number of amides is 1. The molecule has 8 heteroatoms. The predicted octanol–water partition coefficient (Wildman–Crippen LogP) is 1.20. The zero-order chi connectivity index (χ0) is 16.8. The number of rotatable bonds is 7. The Hall–Kier alpha value is -2.77. The van der Waals surface area contributed by atoms with Crippen molar-refractivity contribution in [2.24, 2.45) is 0 Å². The molecule has 0 aliphatic heterocycles. The lowest BCUT2D eigenvalue weighted by Gasteiger charge is -2.15. The first kappa shape index (κ1) is 16.6. The van der Waals surface area contributed by atoms with Crippen LogP contribution in [0.25, 0.3) is 10.9 Å². The first-order valence-corrected chi connectivity index (χ1v) is 7.04. The molecule has 0 radical (unpaired) electrons. The molecule has 1 aromatic heterocycles. The minimum atomic E-state index is -0.0765. The molecule has 0 spiro atoms. The Morgan fingerprint density at radius 3 is 2.43 bits per heavy atom. The molecule has 0 atom stereocenters. The van der Waals surface area contributed by atoms with Crippen LogP contribution < -0.4 is 24.8 Å². The maximum Gasteiger partial charge on any atom is 0.216 e. The molecule has 0 unspecified atom stereocenters. The van der Waals surface area contributed by atoms with Crippen LogP contribution in [-0.4, -0.2) is 50.3 Å². The summed E-state index contributed by atoms with van der Waals surface area (Å²) in [6.07, 6.45) is 1.44. The van der Waals surface area contributed by atoms with E-state index >= 15 is 0 Å². The van der Waals surface area contributed by atoms with Crippen molar-refractivity contribution < 1.29 is 19.0 Å². The maximum atomic E-state index is 10.9. The third-order valence-electron chi connectivity index (χ3n) is 3.22. The van der Waals surface area contributed by atoms with E-state index in [4.69, 9.17) is 14.2 Å². The molecule has 2 N–H and O–H groups in total. The normalized spacial score (nSPS) is 10.3. The standard InChI is InChI=1S/C15H20N4O4/c1-9(20)16-5-6-17-15-10-7-11(21-2)13(22-3)14(23-4)12(10)18-8-19-15/h7-8H,5-6H2,1-4H3,(H,16,20)(H,17,18,19). The number of hydrogen-bond donors (Lipinski definition) is 2. The minimum absolute atomic E-state index is 0.0765. The highest BCUT2D eigenvalue weighted by atomic mass is 16.5. The molecular weight excluding hydrogens is 300 g/mol. The molecular formula is C15H20N4O4. The van der Waals surface area contributed by atoms with Gasteiger partial charge in [-0.1, -0.05) is 0 Å². The van der Waals surface area contributed by atoms with Gasteiger partial charge in [0.2, 0.25) is 11.7 Å². The number of nitrogens with zero attached hydrogens (tertiary/aromatic N) is 2. The second kappa shape index (κ2) is 7.48. The molecule has 1 aromatic carbocycles. The van der Waals surface area contributed by atoms with Gasteiger partial charge in [-0.05, 0) is 6.07 Å². The van der Waals surface area contributed by atoms with Crippen molar-refractivity contribution in [3.05, 3.63) is 12.4 Å². The van der Waals surface area contributed by atoms with E-state index in [1.165, 1.54) is 13.3 Å². The van der Waals surface area contributed by atoms with Crippen LogP contribution in [0, 0.1) is 0 Å². The van der Waals surface area contributed by atoms with Crippen LogP contribution >= 0.6 is 0 Å². The summed E-state index contributed by atoms with van der Waals surface area (Å²) in [4.78, 5) is 19.4. The molecule has 8 nitrogen and oxygen atoms in total. The van der Waals surface area contributed by atoms with E-state index in [1.54, 1.807) is 27.4 Å². The van der Waals surface area contributed by atoms with Crippen molar-refractivity contribution in [3.8, 4) is 17.2 Å². The zero-order valence-electron chi connectivity index (χ0n) is 13.6. The summed E-state index contributed by atoms with van der Waals surface area (Å²) in [7, 11) is 4.64. The summed E-state index contributed by atoms with van der Waals surface area (Å²) in [5.41, 5.74) is 0.613. The number of anilines is 1. The molecule has 0 fully saturated rings. The Kier molecular flexibility index (Phi) is 5.40. The number of methoxy groups -OCH3 is 3. The van der Waals surface area contributed by atoms with E-state index in [1.807, 2.05) is 0 Å². The van der Waals surface area contributed by atoms with Gasteiger partial charge < -0.3 is 24.8 Å². The van der Waals surface area contributed by atoms with Gasteiger partial charge in [-0.3, -0.25) is 4.79 Å². The van der Waals surface area contributed by atoms with Crippen LogP contribution in [0.1, 0.15) is 6.92 Å². The molecule has 1 amide bonds. The second-order valence-corrected chi connectivity index (χ2v) is 4.67. The highest BCUT2D eigenvalue weighted by Gasteiger charge is 2.19. The Labute approximate surface area is 134 Å². The highest BCUT2D eigenvalue weighted by molar-refractivity contribution is 5.96. The van der Waals surface area contributed by atoms with Crippen molar-refractivity contribution in [1.29, 1.82) is 0 Å². The molecule has 1 heterocycles. The lowest BCUT2D eigenvalue weighted by molar-refractivity contribution is -0.118. The van der Waals surface area contributed by atoms with Crippen LogP contribution in [0.5, 0.6) is 17.2 Å². The molecule has 0 saturated heterocycles. The fourth-order valence-electron chi connectivity index (χ4n) is 2.22. The fourth-order valence-corrected chi connectivity index (χ4v) is 2.22. The lowest BCUT2D eigenvalue weighted by Crippen LogP contribution is -2.26. The molecule has 124 valence electrons. The third kappa shape index (κ3) is 3.53. The van der Waals surface area contributed by atoms with E-state index in [0.29, 0.717) is 41.7 Å². The van der Waals surface area contributed by atoms with Crippen molar-refractivity contribution >= 4 is 22.6 Å². The monoisotopic (exact) mass is 320 g/mol. The molecule has 0 saturated carbocycles. The summed E-state index contributed by atoms with van der Waals surface area (Å²) in [6, 6.07) is 1.79. The molecule has 0 aliphatic rings. The number of carbonyl (C=O) groups excluding carboxylic acids is 1. The van der Waals surface area contributed by atoms with Crippen molar-refractivity contribution in [1.82, 2.24) is 15.3 Å². The summed E-state index contributed by atoms with van der Waals surface area (Å²) in [6.45, 7) is 2.50. The van der Waals surface area contributed by atoms with Crippen LogP contribution in [0.3, 0.4) is 0 Å². The summed E-state index contributed by atoms with van der Waals surface area (Å²) >= 11 is 0. The first-order chi connectivity index (χ1) is 11.1. The van der Waals surface area contributed by atoms with Gasteiger partial charge in [-0.25, -0.2) is 9.97 Å². The van der Waals surface area contributed by atoms with Crippen LogP contribution in [0.4, 0.5) is 5.82 Å². The summed E-state index contributed by atoms with van der Waals surface area (Å²) < 4.78 is 16.1. The zero-order valence-corrected chi connectivity index (χ0v) is 13.6. The molecule has 2 rings (SSSR count). The van der Waals surface area contributed by atoms with Gasteiger partial charge in [-0.2, -0.15) is 0 Å². The smallest absolute Gasteiger partial charge is 0.216 e. The SMILES string of the molecule is COc1cc2c(NCCNC(C)=O)ncnc2c(OC)c1OC. The number of ether oxygens (including phenoxy) is 3. The number of fused-ring (bicyclic) bond motifs is 1. The van der Waals surface area contributed by atoms with Crippen LogP contribution in [-0.2, 0) is 4.79 Å². The number of aromatic nitrogens is 2. The summed E-state index contributed by atoms with van der Waals surface area (Å²) in [5, 5.41) is 6.62. The van der Waals surface area contributed by atoms with Gasteiger partial charge in [-0.15, -0.1) is 0 Å². The van der Waals surface area contributed by atoms with E-state index in [2.05, 4.69) is 20.6 Å². The average molecular weight is 320 g/mol. The van der Waals surface area contributed by atoms with Gasteiger partial charge in [0.05, 0.1) is 26.7 Å². The van der Waals surface area contributed by atoms with Crippen molar-refractivity contribution in [2.45, 2.75) is 6.92 Å². The lowest BCUT2D eigenvalue weighted by atomic mass is 10.2. The minimum Gasteiger partial charge on any atom is -0.493 e. The third-order valence-corrected chi connectivity index (χ3v) is 3.22. The number of nitrogens with one attached hydrogen (secondary N) is 2. The average Bonchev–Trinajstić information content (AvgIpc) is 2.56. The second-order valence-electron chi connectivity index (χ2n) is 4.67. The fraction of sp³-hybridized carbons (Fsp3) is 0.400. The Balaban J connectivity index is 2.41. The predicted molar refractivity (Wildman–Crippen MR) is 86.4 cm³/mol. The van der Waals surface area contributed by atoms with Gasteiger partial charge >= 0.3 is 0 Å². The topological polar surface area (TPSA) is 94.6 Å². The first-order valence-electron chi connectivity index (χ1n) is 7.04. The Morgan fingerprint density at radius 1 is 1.09 bits per heavy atom. The Morgan fingerprint density at radius 2 is 1.83 bits per heavy atom. The van der Waals surface area contributed by atoms with E-state index in [-0.39, 0.29) is 5.91 Å². The quantitative estimate of drug-likeness (QED) is 0.740. The molecule has 2 aromatic rings. The van der Waals surface area contributed by atoms with Gasteiger partial charge in [0.15, 0.2) is 11.5 Å². The van der Waals surface area contributed by atoms with E-state index in [9.17, 15) is 4.79 Å². The van der Waals surface area contributed by atoms with E-state index < -0.39 is 0 Å². The highest BCUT2D eigenvalue weighted by Crippen LogP contribution is 2.43. The molecule has 0 bridgehead atoms. The molecule has 23 heavy (non-hydrogen) atoms. The number of carbonyl (C=O) groups is 1. The molecule has 0 aliphatic carbocycles. The van der Waals surface area contributed by atoms with Crippen LogP contribution in [0.15, 0.2) is 12.4 Å². The number of benzene rings is 1. The van der Waals surface area contributed by atoms with Gasteiger partial charge in [0.1, 0.15) is 17.7 Å². The van der Waals surface area contributed by atoms with E-state index in [0.717, 1.165) is 5.39 Å². The van der Waals surface area contributed by atoms with Crippen molar-refractivity contribution in [3.63, 3.8) is 0 Å². The largest absolute Gasteiger partial charge is 0.493 e. The van der Waals surface area contributed by atoms with Gasteiger partial charge in [0, 0.05) is 20.0 Å². The van der Waals surface area contributed by atoms with Crippen LogP contribution in [0.2, 0.25) is 0 Å². The van der Waals surface area contributed by atoms with Crippen molar-refractivity contribution in [2.75, 3.05) is 39.7 Å².